The number of H-pyrrole nitrogens is 1. The molecule has 6 nitrogen and oxygen atoms in total. The van der Waals surface area contributed by atoms with Gasteiger partial charge in [-0.3, -0.25) is 19.9 Å². The molecule has 0 bridgehead atoms. The van der Waals surface area contributed by atoms with Crippen molar-refractivity contribution in [2.24, 2.45) is 0 Å². The van der Waals surface area contributed by atoms with Gasteiger partial charge in [-0.15, -0.1) is 0 Å². The number of aromatic nitrogens is 4. The van der Waals surface area contributed by atoms with Gasteiger partial charge in [-0.1, -0.05) is 0 Å². The first-order chi connectivity index (χ1) is 10.8. The molecule has 1 atom stereocenters. The number of hydrogen-bond acceptors (Lipinski definition) is 4. The Labute approximate surface area is 127 Å². The van der Waals surface area contributed by atoms with Gasteiger partial charge in [0.15, 0.2) is 0 Å². The fourth-order valence-corrected chi connectivity index (χ4v) is 2.89. The summed E-state index contributed by atoms with van der Waals surface area (Å²) in [5.41, 5.74) is 3.58. The third-order valence-corrected chi connectivity index (χ3v) is 4.01. The molecule has 0 spiro atoms. The summed E-state index contributed by atoms with van der Waals surface area (Å²) in [6, 6.07) is 5.86. The zero-order chi connectivity index (χ0) is 14.9. The molecule has 1 aliphatic heterocycles. The molecule has 2 N–H and O–H groups in total. The van der Waals surface area contributed by atoms with Crippen molar-refractivity contribution in [3.05, 3.63) is 42.5 Å². The summed E-state index contributed by atoms with van der Waals surface area (Å²) in [4.78, 5) is 20.2. The number of carbonyl (C=O) groups excluding carboxylic acids is 1. The van der Waals surface area contributed by atoms with Crippen LogP contribution in [0, 0.1) is 0 Å². The third-order valence-electron chi connectivity index (χ3n) is 4.01. The first-order valence-electron chi connectivity index (χ1n) is 7.35. The molecule has 1 saturated heterocycles. The molecule has 1 unspecified atom stereocenters. The van der Waals surface area contributed by atoms with Crippen molar-refractivity contribution in [3.63, 3.8) is 0 Å². The van der Waals surface area contributed by atoms with E-state index >= 15 is 0 Å². The van der Waals surface area contributed by atoms with Crippen LogP contribution in [0.25, 0.3) is 22.2 Å². The quantitative estimate of drug-likeness (QED) is 0.759. The van der Waals surface area contributed by atoms with E-state index in [1.54, 1.807) is 18.6 Å². The molecule has 22 heavy (non-hydrogen) atoms. The van der Waals surface area contributed by atoms with Gasteiger partial charge < -0.3 is 5.32 Å². The highest BCUT2D eigenvalue weighted by Crippen LogP contribution is 2.29. The Kier molecular flexibility index (Phi) is 3.07. The van der Waals surface area contributed by atoms with Crippen molar-refractivity contribution in [2.45, 2.75) is 25.3 Å². The third kappa shape index (κ3) is 2.22. The average Bonchev–Trinajstić information content (AvgIpc) is 2.99. The van der Waals surface area contributed by atoms with E-state index in [0.717, 1.165) is 40.7 Å². The van der Waals surface area contributed by atoms with Crippen molar-refractivity contribution in [3.8, 4) is 11.3 Å². The maximum atomic E-state index is 11.6. The molecule has 3 aromatic rings. The monoisotopic (exact) mass is 293 g/mol. The summed E-state index contributed by atoms with van der Waals surface area (Å²) in [7, 11) is 0. The van der Waals surface area contributed by atoms with Crippen LogP contribution in [0.2, 0.25) is 0 Å². The number of carbonyl (C=O) groups is 1. The van der Waals surface area contributed by atoms with Gasteiger partial charge in [0.1, 0.15) is 5.52 Å². The molecule has 1 fully saturated rings. The number of piperidine rings is 1. The molecule has 4 heterocycles. The fraction of sp³-hybridized carbons (Fsp3) is 0.250. The van der Waals surface area contributed by atoms with E-state index in [0.29, 0.717) is 6.42 Å². The number of hydrogen-bond donors (Lipinski definition) is 2. The van der Waals surface area contributed by atoms with Gasteiger partial charge in [-0.25, -0.2) is 0 Å². The smallest absolute Gasteiger partial charge is 0.220 e. The second-order valence-corrected chi connectivity index (χ2v) is 5.48. The lowest BCUT2D eigenvalue weighted by Gasteiger charge is -2.22. The van der Waals surface area contributed by atoms with Crippen molar-refractivity contribution < 1.29 is 4.79 Å². The highest BCUT2D eigenvalue weighted by atomic mass is 16.1. The van der Waals surface area contributed by atoms with E-state index in [2.05, 4.69) is 25.5 Å². The number of amides is 1. The van der Waals surface area contributed by atoms with E-state index < -0.39 is 0 Å². The van der Waals surface area contributed by atoms with E-state index in [9.17, 15) is 4.79 Å². The van der Waals surface area contributed by atoms with Gasteiger partial charge >= 0.3 is 0 Å². The first-order valence-corrected chi connectivity index (χ1v) is 7.35. The molecule has 1 aliphatic rings. The summed E-state index contributed by atoms with van der Waals surface area (Å²) in [6.45, 7) is 0. The number of aromatic amines is 1. The topological polar surface area (TPSA) is 83.6 Å². The van der Waals surface area contributed by atoms with Crippen LogP contribution < -0.4 is 5.32 Å². The Morgan fingerprint density at radius 3 is 3.05 bits per heavy atom. The summed E-state index contributed by atoms with van der Waals surface area (Å²) >= 11 is 0. The number of fused-ring (bicyclic) bond motifs is 1. The lowest BCUT2D eigenvalue weighted by Crippen LogP contribution is -2.32. The summed E-state index contributed by atoms with van der Waals surface area (Å²) < 4.78 is 0. The highest BCUT2D eigenvalue weighted by Gasteiger charge is 2.23. The standard InChI is InChI=1S/C16H15N5O/c22-15-5-1-4-12(19-15)16-11-7-13(10-3-2-6-17-8-10)18-9-14(11)20-21-16/h2-3,6-9,12H,1,4-5H2,(H,19,22)(H,20,21). The van der Waals surface area contributed by atoms with Crippen LogP contribution in [-0.2, 0) is 4.79 Å². The molecule has 3 aromatic heterocycles. The number of nitrogens with one attached hydrogen (secondary N) is 2. The SMILES string of the molecule is O=C1CCCC(c2[nH]nc3cnc(-c4cccnc4)cc23)N1. The van der Waals surface area contributed by atoms with E-state index in [1.165, 1.54) is 0 Å². The molecule has 1 amide bonds. The van der Waals surface area contributed by atoms with Crippen LogP contribution in [0.3, 0.4) is 0 Å². The maximum Gasteiger partial charge on any atom is 0.220 e. The largest absolute Gasteiger partial charge is 0.348 e. The minimum Gasteiger partial charge on any atom is -0.348 e. The summed E-state index contributed by atoms with van der Waals surface area (Å²) in [5.74, 6) is 0.0977. The van der Waals surface area contributed by atoms with Crippen LogP contribution in [-0.4, -0.2) is 26.1 Å². The van der Waals surface area contributed by atoms with Gasteiger partial charge in [-0.2, -0.15) is 5.10 Å². The molecular weight excluding hydrogens is 278 g/mol. The van der Waals surface area contributed by atoms with E-state index in [-0.39, 0.29) is 11.9 Å². The summed E-state index contributed by atoms with van der Waals surface area (Å²) in [6.07, 6.45) is 7.71. The molecule has 0 saturated carbocycles. The highest BCUT2D eigenvalue weighted by molar-refractivity contribution is 5.86. The van der Waals surface area contributed by atoms with Gasteiger partial charge in [0.05, 0.1) is 23.6 Å². The maximum absolute atomic E-state index is 11.6. The molecule has 0 aromatic carbocycles. The lowest BCUT2D eigenvalue weighted by molar-refractivity contribution is -0.123. The van der Waals surface area contributed by atoms with Crippen LogP contribution >= 0.6 is 0 Å². The Balaban J connectivity index is 1.78. The molecular formula is C16H15N5O. The van der Waals surface area contributed by atoms with Crippen molar-refractivity contribution in [1.82, 2.24) is 25.5 Å². The van der Waals surface area contributed by atoms with Crippen LogP contribution in [0.5, 0.6) is 0 Å². The van der Waals surface area contributed by atoms with Gasteiger partial charge in [0, 0.05) is 29.8 Å². The number of nitrogens with zero attached hydrogens (tertiary/aromatic N) is 3. The van der Waals surface area contributed by atoms with E-state index in [1.807, 2.05) is 18.2 Å². The molecule has 6 heteroatoms. The Bertz CT molecular complexity index is 827. The van der Waals surface area contributed by atoms with Gasteiger partial charge in [0.25, 0.3) is 0 Å². The summed E-state index contributed by atoms with van der Waals surface area (Å²) in [5, 5.41) is 11.4. The normalized spacial score (nSPS) is 18.4. The average molecular weight is 293 g/mol. The lowest BCUT2D eigenvalue weighted by atomic mass is 9.99. The van der Waals surface area contributed by atoms with Crippen LogP contribution in [0.15, 0.2) is 36.8 Å². The van der Waals surface area contributed by atoms with Crippen molar-refractivity contribution >= 4 is 16.8 Å². The molecule has 0 radical (unpaired) electrons. The zero-order valence-electron chi connectivity index (χ0n) is 11.9. The van der Waals surface area contributed by atoms with Gasteiger partial charge in [-0.05, 0) is 31.0 Å². The molecule has 4 rings (SSSR count). The predicted molar refractivity (Wildman–Crippen MR) is 81.9 cm³/mol. The number of pyridine rings is 2. The molecule has 0 aliphatic carbocycles. The van der Waals surface area contributed by atoms with E-state index in [4.69, 9.17) is 0 Å². The Morgan fingerprint density at radius 2 is 2.23 bits per heavy atom. The number of rotatable bonds is 2. The molecule has 110 valence electrons. The van der Waals surface area contributed by atoms with Crippen molar-refractivity contribution in [1.29, 1.82) is 0 Å². The zero-order valence-corrected chi connectivity index (χ0v) is 11.9. The Morgan fingerprint density at radius 1 is 1.27 bits per heavy atom. The second kappa shape index (κ2) is 5.22. The van der Waals surface area contributed by atoms with Crippen molar-refractivity contribution in [2.75, 3.05) is 0 Å². The van der Waals surface area contributed by atoms with Crippen LogP contribution in [0.1, 0.15) is 31.0 Å². The minimum absolute atomic E-state index is 0.00426. The van der Waals surface area contributed by atoms with Gasteiger partial charge in [0.2, 0.25) is 5.91 Å². The predicted octanol–water partition coefficient (Wildman–Crippen LogP) is 2.36. The second-order valence-electron chi connectivity index (χ2n) is 5.48. The Hall–Kier alpha value is -2.76. The fourth-order valence-electron chi connectivity index (χ4n) is 2.89. The van der Waals surface area contributed by atoms with Crippen LogP contribution in [0.4, 0.5) is 0 Å². The minimum atomic E-state index is -0.00426. The first kappa shape index (κ1) is 12.9.